The molecule has 4 fully saturated rings. The van der Waals surface area contributed by atoms with Crippen molar-refractivity contribution in [3.63, 3.8) is 0 Å². The Balaban J connectivity index is 1.76. The average Bonchev–Trinajstić information content (AvgIpc) is 2.33. The summed E-state index contributed by atoms with van der Waals surface area (Å²) in [5, 5.41) is 0. The summed E-state index contributed by atoms with van der Waals surface area (Å²) in [6.07, 6.45) is 7.43. The van der Waals surface area contributed by atoms with Crippen LogP contribution in [0.25, 0.3) is 0 Å². The van der Waals surface area contributed by atoms with Crippen molar-refractivity contribution >= 4 is 5.78 Å². The Hall–Kier alpha value is -1.11. The molecule has 2 atom stereocenters. The molecule has 1 aromatic carbocycles. The summed E-state index contributed by atoms with van der Waals surface area (Å²) in [5.41, 5.74) is 2.91. The average molecular weight is 282 g/mol. The molecule has 4 bridgehead atoms. The molecule has 0 spiro atoms. The maximum Gasteiger partial charge on any atom is 0.169 e. The monoisotopic (exact) mass is 282 g/mol. The van der Waals surface area contributed by atoms with Crippen LogP contribution in [0.1, 0.15) is 68.3 Å². The van der Waals surface area contributed by atoms with Crippen LogP contribution in [0.3, 0.4) is 0 Å². The van der Waals surface area contributed by atoms with Gasteiger partial charge >= 0.3 is 0 Å². The summed E-state index contributed by atoms with van der Waals surface area (Å²) in [4.78, 5) is 13.3. The predicted octanol–water partition coefficient (Wildman–Crippen LogP) is 5.17. The Kier molecular flexibility index (Phi) is 2.58. The van der Waals surface area contributed by atoms with Gasteiger partial charge in [-0.15, -0.1) is 0 Å². The van der Waals surface area contributed by atoms with Gasteiger partial charge in [0.25, 0.3) is 0 Å². The highest BCUT2D eigenvalue weighted by molar-refractivity contribution is 6.01. The van der Waals surface area contributed by atoms with Crippen LogP contribution in [-0.4, -0.2) is 5.78 Å². The highest BCUT2D eigenvalue weighted by atomic mass is 16.1. The summed E-state index contributed by atoms with van der Waals surface area (Å²) in [5.74, 6) is 1.22. The fourth-order valence-corrected chi connectivity index (χ4v) is 6.79. The van der Waals surface area contributed by atoms with E-state index in [4.69, 9.17) is 0 Å². The fraction of sp³-hybridized carbons (Fsp3) is 0.650. The first-order chi connectivity index (χ1) is 9.82. The number of hydrogen-bond acceptors (Lipinski definition) is 1. The lowest BCUT2D eigenvalue weighted by atomic mass is 9.39. The third kappa shape index (κ3) is 2.00. The van der Waals surface area contributed by atoms with Crippen molar-refractivity contribution in [1.29, 1.82) is 0 Å². The minimum Gasteiger partial charge on any atom is -0.294 e. The molecule has 5 rings (SSSR count). The molecule has 1 heteroatoms. The maximum absolute atomic E-state index is 13.3. The molecule has 4 aliphatic rings. The van der Waals surface area contributed by atoms with Gasteiger partial charge < -0.3 is 0 Å². The Labute approximate surface area is 128 Å². The third-order valence-corrected chi connectivity index (χ3v) is 6.39. The number of carbonyl (C=O) groups is 1. The molecule has 112 valence electrons. The van der Waals surface area contributed by atoms with Crippen LogP contribution in [0.2, 0.25) is 0 Å². The maximum atomic E-state index is 13.3. The molecule has 0 aromatic heterocycles. The van der Waals surface area contributed by atoms with E-state index in [0.29, 0.717) is 16.6 Å². The standard InChI is InChI=1S/C20H26O/c1-14-5-4-6-16(7-14)17(21)20-10-15-8-18(2,12-20)11-19(3,9-15)13-20/h4-7,15H,8-13H2,1-3H3. The quantitative estimate of drug-likeness (QED) is 0.683. The van der Waals surface area contributed by atoms with E-state index in [-0.39, 0.29) is 5.41 Å². The third-order valence-electron chi connectivity index (χ3n) is 6.39. The molecule has 1 aromatic rings. The lowest BCUT2D eigenvalue weighted by Gasteiger charge is -2.64. The van der Waals surface area contributed by atoms with Crippen LogP contribution in [-0.2, 0) is 0 Å². The second-order valence-corrected chi connectivity index (χ2v) is 9.11. The minimum absolute atomic E-state index is 0.0588. The number of carbonyl (C=O) groups excluding carboxylic acids is 1. The summed E-state index contributed by atoms with van der Waals surface area (Å²) in [6.45, 7) is 6.96. The van der Waals surface area contributed by atoms with E-state index in [1.54, 1.807) is 0 Å². The van der Waals surface area contributed by atoms with Gasteiger partial charge in [0.2, 0.25) is 0 Å². The molecule has 0 radical (unpaired) electrons. The van der Waals surface area contributed by atoms with E-state index in [2.05, 4.69) is 32.9 Å². The number of ketones is 1. The zero-order valence-corrected chi connectivity index (χ0v) is 13.5. The molecule has 0 heterocycles. The molecule has 4 saturated carbocycles. The van der Waals surface area contributed by atoms with Gasteiger partial charge in [-0.3, -0.25) is 4.79 Å². The first kappa shape index (κ1) is 13.5. The van der Waals surface area contributed by atoms with Gasteiger partial charge in [-0.05, 0) is 68.3 Å². The van der Waals surface area contributed by atoms with Crippen LogP contribution in [0.5, 0.6) is 0 Å². The molecule has 0 N–H and O–H groups in total. The molecular weight excluding hydrogens is 256 g/mol. The summed E-state index contributed by atoms with van der Waals surface area (Å²) < 4.78 is 0. The second-order valence-electron chi connectivity index (χ2n) is 9.11. The van der Waals surface area contributed by atoms with Crippen molar-refractivity contribution in [2.75, 3.05) is 0 Å². The lowest BCUT2D eigenvalue weighted by molar-refractivity contribution is -0.125. The van der Waals surface area contributed by atoms with Crippen molar-refractivity contribution in [1.82, 2.24) is 0 Å². The highest BCUT2D eigenvalue weighted by Gasteiger charge is 2.62. The van der Waals surface area contributed by atoms with E-state index in [1.165, 1.54) is 24.8 Å². The van der Waals surface area contributed by atoms with E-state index < -0.39 is 0 Å². The number of benzene rings is 1. The van der Waals surface area contributed by atoms with Crippen molar-refractivity contribution < 1.29 is 4.79 Å². The van der Waals surface area contributed by atoms with Crippen molar-refractivity contribution in [2.24, 2.45) is 22.2 Å². The van der Waals surface area contributed by atoms with Gasteiger partial charge in [-0.25, -0.2) is 0 Å². The number of aryl methyl sites for hydroxylation is 1. The normalized spacial score (nSPS) is 44.0. The Morgan fingerprint density at radius 3 is 2.29 bits per heavy atom. The number of rotatable bonds is 2. The van der Waals surface area contributed by atoms with Gasteiger partial charge in [-0.2, -0.15) is 0 Å². The van der Waals surface area contributed by atoms with Gasteiger partial charge in [-0.1, -0.05) is 37.6 Å². The van der Waals surface area contributed by atoms with Crippen molar-refractivity contribution in [3.8, 4) is 0 Å². The Morgan fingerprint density at radius 2 is 1.71 bits per heavy atom. The Morgan fingerprint density at radius 1 is 1.05 bits per heavy atom. The van der Waals surface area contributed by atoms with Crippen LogP contribution in [0, 0.1) is 29.1 Å². The number of Topliss-reactive ketones (excluding diaryl/α,β-unsaturated/α-hetero) is 1. The SMILES string of the molecule is Cc1cccc(C(=O)C23CC4CC(C)(CC(C)(C4)C2)C3)c1. The molecule has 0 saturated heterocycles. The van der Waals surface area contributed by atoms with Crippen LogP contribution in [0.15, 0.2) is 24.3 Å². The van der Waals surface area contributed by atoms with Gasteiger partial charge in [0, 0.05) is 11.0 Å². The molecular formula is C20H26O. The second kappa shape index (κ2) is 4.00. The molecule has 0 aliphatic heterocycles. The van der Waals surface area contributed by atoms with Crippen LogP contribution >= 0.6 is 0 Å². The van der Waals surface area contributed by atoms with Gasteiger partial charge in [0.05, 0.1) is 0 Å². The van der Waals surface area contributed by atoms with Gasteiger partial charge in [0.15, 0.2) is 5.78 Å². The topological polar surface area (TPSA) is 17.1 Å². The largest absolute Gasteiger partial charge is 0.294 e. The minimum atomic E-state index is -0.0588. The van der Waals surface area contributed by atoms with E-state index in [9.17, 15) is 4.79 Å². The van der Waals surface area contributed by atoms with Crippen molar-refractivity contribution in [3.05, 3.63) is 35.4 Å². The van der Waals surface area contributed by atoms with E-state index in [0.717, 1.165) is 30.7 Å². The summed E-state index contributed by atoms with van der Waals surface area (Å²) in [6, 6.07) is 8.23. The first-order valence-corrected chi connectivity index (χ1v) is 8.43. The van der Waals surface area contributed by atoms with E-state index in [1.807, 2.05) is 12.1 Å². The molecule has 2 unspecified atom stereocenters. The van der Waals surface area contributed by atoms with E-state index >= 15 is 0 Å². The lowest BCUT2D eigenvalue weighted by Crippen LogP contribution is -2.57. The molecule has 21 heavy (non-hydrogen) atoms. The van der Waals surface area contributed by atoms with Gasteiger partial charge in [0.1, 0.15) is 0 Å². The fourth-order valence-electron chi connectivity index (χ4n) is 6.79. The van der Waals surface area contributed by atoms with Crippen LogP contribution in [0.4, 0.5) is 0 Å². The van der Waals surface area contributed by atoms with Crippen LogP contribution < -0.4 is 0 Å². The Bertz CT molecular complexity index is 596. The summed E-state index contributed by atoms with van der Waals surface area (Å²) in [7, 11) is 0. The number of hydrogen-bond donors (Lipinski definition) is 0. The molecule has 4 aliphatic carbocycles. The van der Waals surface area contributed by atoms with Crippen molar-refractivity contribution in [2.45, 2.75) is 59.3 Å². The summed E-state index contributed by atoms with van der Waals surface area (Å²) >= 11 is 0. The predicted molar refractivity (Wildman–Crippen MR) is 85.3 cm³/mol. The zero-order chi connectivity index (χ0) is 14.9. The highest BCUT2D eigenvalue weighted by Crippen LogP contribution is 2.70. The zero-order valence-electron chi connectivity index (χ0n) is 13.5. The smallest absolute Gasteiger partial charge is 0.169 e. The first-order valence-electron chi connectivity index (χ1n) is 8.43. The molecule has 0 amide bonds. The molecule has 1 nitrogen and oxygen atoms in total.